The number of ether oxygens (including phenoxy) is 4. The van der Waals surface area contributed by atoms with Gasteiger partial charge in [-0.2, -0.15) is 0 Å². The summed E-state index contributed by atoms with van der Waals surface area (Å²) in [5.74, 6) is -1.48. The van der Waals surface area contributed by atoms with E-state index in [1.165, 1.54) is 6.07 Å². The average molecular weight is 489 g/mol. The van der Waals surface area contributed by atoms with Crippen molar-refractivity contribution in [3.05, 3.63) is 63.7 Å². The molecule has 2 aromatic rings. The van der Waals surface area contributed by atoms with Crippen LogP contribution in [0, 0.1) is 10.1 Å². The van der Waals surface area contributed by atoms with Crippen molar-refractivity contribution >= 4 is 17.3 Å². The first-order chi connectivity index (χ1) is 16.7. The monoisotopic (exact) mass is 488 g/mol. The fourth-order valence-corrected chi connectivity index (χ4v) is 3.77. The third-order valence-corrected chi connectivity index (χ3v) is 5.36. The van der Waals surface area contributed by atoms with Crippen molar-refractivity contribution in [3.8, 4) is 5.75 Å². The predicted octanol–water partition coefficient (Wildman–Crippen LogP) is 2.57. The Bertz CT molecular complexity index is 1020. The van der Waals surface area contributed by atoms with E-state index in [1.807, 2.05) is 30.3 Å². The molecule has 2 aromatic carbocycles. The summed E-state index contributed by atoms with van der Waals surface area (Å²) < 4.78 is 23.1. The second kappa shape index (κ2) is 11.9. The molecule has 2 atom stereocenters. The van der Waals surface area contributed by atoms with E-state index in [0.717, 1.165) is 11.6 Å². The molecule has 1 heterocycles. The molecule has 0 unspecified atom stereocenters. The smallest absolute Gasteiger partial charge is 0.296 e. The molecule has 0 aromatic heterocycles. The quantitative estimate of drug-likeness (QED) is 0.218. The molecule has 1 aliphatic heterocycles. The Labute approximate surface area is 203 Å². The number of hydrogen-bond donors (Lipinski definition) is 3. The zero-order chi connectivity index (χ0) is 25.4. The molecule has 0 aliphatic carbocycles. The summed E-state index contributed by atoms with van der Waals surface area (Å²) in [6.07, 6.45) is -0.290. The first-order valence-electron chi connectivity index (χ1n) is 11.4. The molecule has 190 valence electrons. The molecule has 0 spiro atoms. The van der Waals surface area contributed by atoms with E-state index in [0.29, 0.717) is 19.6 Å². The second-order valence-electron chi connectivity index (χ2n) is 8.56. The zero-order valence-corrected chi connectivity index (χ0v) is 19.9. The van der Waals surface area contributed by atoms with Crippen LogP contribution in [0.2, 0.25) is 0 Å². The van der Waals surface area contributed by atoms with Crippen LogP contribution in [-0.2, 0) is 20.8 Å². The van der Waals surface area contributed by atoms with E-state index in [1.54, 1.807) is 13.8 Å². The minimum atomic E-state index is -0.822. The van der Waals surface area contributed by atoms with E-state index in [-0.39, 0.29) is 48.5 Å². The number of nitrogens with zero attached hydrogens (tertiary/aromatic N) is 1. The number of primary amides is 1. The van der Waals surface area contributed by atoms with Crippen LogP contribution < -0.4 is 21.5 Å². The lowest BCUT2D eigenvalue weighted by Gasteiger charge is -2.19. The average Bonchev–Trinajstić information content (AvgIpc) is 3.13. The van der Waals surface area contributed by atoms with Crippen LogP contribution >= 0.6 is 0 Å². The van der Waals surface area contributed by atoms with Gasteiger partial charge in [0.25, 0.3) is 5.69 Å². The van der Waals surface area contributed by atoms with Crippen LogP contribution in [0.25, 0.3) is 0 Å². The van der Waals surface area contributed by atoms with Crippen molar-refractivity contribution in [2.24, 2.45) is 11.5 Å². The molecule has 1 amide bonds. The number of amides is 1. The predicted molar refractivity (Wildman–Crippen MR) is 129 cm³/mol. The highest BCUT2D eigenvalue weighted by atomic mass is 16.8. The molecule has 1 saturated heterocycles. The number of nitro benzene ring substituents is 1. The summed E-state index contributed by atoms with van der Waals surface area (Å²) in [5, 5.41) is 14.8. The van der Waals surface area contributed by atoms with Gasteiger partial charge in [-0.25, -0.2) is 0 Å². The number of nitro groups is 1. The van der Waals surface area contributed by atoms with Gasteiger partial charge in [0.2, 0.25) is 5.91 Å². The number of benzene rings is 2. The Balaban J connectivity index is 1.68. The molecule has 0 radical (unpaired) electrons. The lowest BCUT2D eigenvalue weighted by molar-refractivity contribution is -0.384. The van der Waals surface area contributed by atoms with Crippen LogP contribution in [0.15, 0.2) is 42.5 Å². The second-order valence-corrected chi connectivity index (χ2v) is 8.56. The summed E-state index contributed by atoms with van der Waals surface area (Å²) in [4.78, 5) is 22.9. The van der Waals surface area contributed by atoms with Gasteiger partial charge in [-0.05, 0) is 25.5 Å². The Morgan fingerprint density at radius 1 is 1.17 bits per heavy atom. The number of anilines is 1. The van der Waals surface area contributed by atoms with Gasteiger partial charge in [0.05, 0.1) is 24.7 Å². The van der Waals surface area contributed by atoms with Gasteiger partial charge in [-0.15, -0.1) is 0 Å². The van der Waals surface area contributed by atoms with Gasteiger partial charge in [0, 0.05) is 31.1 Å². The van der Waals surface area contributed by atoms with Crippen molar-refractivity contribution in [3.63, 3.8) is 0 Å². The first kappa shape index (κ1) is 26.4. The van der Waals surface area contributed by atoms with Gasteiger partial charge in [-0.1, -0.05) is 30.3 Å². The maximum Gasteiger partial charge on any atom is 0.296 e. The normalized spacial score (nSPS) is 18.8. The van der Waals surface area contributed by atoms with Crippen LogP contribution in [0.4, 0.5) is 11.4 Å². The van der Waals surface area contributed by atoms with Crippen molar-refractivity contribution in [1.29, 1.82) is 0 Å². The summed E-state index contributed by atoms with van der Waals surface area (Å²) in [6, 6.07) is 12.3. The van der Waals surface area contributed by atoms with Crippen molar-refractivity contribution in [2.45, 2.75) is 44.9 Å². The molecule has 0 bridgehead atoms. The number of carbonyl (C=O) groups excluding carboxylic acids is 1. The van der Waals surface area contributed by atoms with Crippen LogP contribution in [0.3, 0.4) is 0 Å². The third-order valence-electron chi connectivity index (χ3n) is 5.36. The van der Waals surface area contributed by atoms with Crippen molar-refractivity contribution < 1.29 is 28.7 Å². The van der Waals surface area contributed by atoms with Gasteiger partial charge in [0.15, 0.2) is 11.5 Å². The van der Waals surface area contributed by atoms with Crippen LogP contribution in [-0.4, -0.2) is 55.1 Å². The maximum absolute atomic E-state index is 11.8. The summed E-state index contributed by atoms with van der Waals surface area (Å²) in [5.41, 5.74) is 12.0. The number of nitrogens with one attached hydrogen (secondary N) is 1. The topological polar surface area (TPSA) is 161 Å². The van der Waals surface area contributed by atoms with E-state index in [2.05, 4.69) is 5.32 Å². The molecular weight excluding hydrogens is 456 g/mol. The SMILES string of the molecule is CC1(C)O[C@H](CN)[C@@H](CNc2c(OCCCOCc3ccccc3)cc(C(N)=O)cc2[N+](=O)[O-])O1. The molecule has 11 heteroatoms. The van der Waals surface area contributed by atoms with Crippen LogP contribution in [0.1, 0.15) is 36.2 Å². The number of nitrogens with two attached hydrogens (primary N) is 2. The van der Waals surface area contributed by atoms with E-state index in [4.69, 9.17) is 30.4 Å². The van der Waals surface area contributed by atoms with E-state index in [9.17, 15) is 14.9 Å². The Morgan fingerprint density at radius 2 is 1.89 bits per heavy atom. The fraction of sp³-hybridized carbons (Fsp3) is 0.458. The highest BCUT2D eigenvalue weighted by molar-refractivity contribution is 5.95. The Kier molecular flexibility index (Phi) is 8.99. The maximum atomic E-state index is 11.8. The summed E-state index contributed by atoms with van der Waals surface area (Å²) in [7, 11) is 0. The van der Waals surface area contributed by atoms with E-state index < -0.39 is 22.7 Å². The number of carbonyl (C=O) groups is 1. The van der Waals surface area contributed by atoms with Gasteiger partial charge >= 0.3 is 0 Å². The summed E-state index contributed by atoms with van der Waals surface area (Å²) in [6.45, 7) is 5.06. The van der Waals surface area contributed by atoms with Gasteiger partial charge in [0.1, 0.15) is 18.0 Å². The number of rotatable bonds is 13. The third kappa shape index (κ3) is 7.36. The lowest BCUT2D eigenvalue weighted by atomic mass is 10.1. The highest BCUT2D eigenvalue weighted by Gasteiger charge is 2.40. The summed E-state index contributed by atoms with van der Waals surface area (Å²) >= 11 is 0. The molecule has 35 heavy (non-hydrogen) atoms. The van der Waals surface area contributed by atoms with Crippen molar-refractivity contribution in [2.75, 3.05) is 31.6 Å². The minimum Gasteiger partial charge on any atom is -0.491 e. The van der Waals surface area contributed by atoms with E-state index >= 15 is 0 Å². The molecule has 1 fully saturated rings. The molecule has 1 aliphatic rings. The first-order valence-corrected chi connectivity index (χ1v) is 11.4. The molecule has 5 N–H and O–H groups in total. The Hall–Kier alpha value is -3.25. The molecular formula is C24H32N4O7. The van der Waals surface area contributed by atoms with Gasteiger partial charge in [-0.3, -0.25) is 14.9 Å². The molecule has 3 rings (SSSR count). The highest BCUT2D eigenvalue weighted by Crippen LogP contribution is 2.37. The Morgan fingerprint density at radius 3 is 2.54 bits per heavy atom. The lowest BCUT2D eigenvalue weighted by Crippen LogP contribution is -2.35. The van der Waals surface area contributed by atoms with Gasteiger partial charge < -0.3 is 35.7 Å². The zero-order valence-electron chi connectivity index (χ0n) is 19.9. The molecule has 11 nitrogen and oxygen atoms in total. The van der Waals surface area contributed by atoms with Crippen molar-refractivity contribution in [1.82, 2.24) is 0 Å². The van der Waals surface area contributed by atoms with Crippen LogP contribution in [0.5, 0.6) is 5.75 Å². The standard InChI is InChI=1S/C24H32N4O7/c1-24(2)34-20(13-25)21(35-24)14-27-22-18(28(30)31)11-17(23(26)29)12-19(22)33-10-6-9-32-15-16-7-4-3-5-8-16/h3-5,7-8,11-12,20-21,27H,6,9-10,13-15,25H2,1-2H3,(H2,26,29)/t20-,21-/m1/s1. The minimum absolute atomic E-state index is 0.0287. The molecule has 0 saturated carbocycles. The number of hydrogen-bond acceptors (Lipinski definition) is 9. The largest absolute Gasteiger partial charge is 0.491 e. The fourth-order valence-electron chi connectivity index (χ4n) is 3.77.